The van der Waals surface area contributed by atoms with E-state index >= 15 is 0 Å². The van der Waals surface area contributed by atoms with Gasteiger partial charge in [0.1, 0.15) is 6.10 Å². The molecule has 3 atom stereocenters. The van der Waals surface area contributed by atoms with Gasteiger partial charge in [-0.05, 0) is 26.3 Å². The smallest absolute Gasteiger partial charge is 0.334 e. The van der Waals surface area contributed by atoms with Crippen molar-refractivity contribution in [1.29, 1.82) is 0 Å². The molecular formula is C11H14O4. The lowest BCUT2D eigenvalue weighted by Gasteiger charge is -2.22. The van der Waals surface area contributed by atoms with Crippen LogP contribution in [0, 0.1) is 5.92 Å². The van der Waals surface area contributed by atoms with Crippen molar-refractivity contribution in [2.45, 2.75) is 38.3 Å². The van der Waals surface area contributed by atoms with Crippen molar-refractivity contribution >= 4 is 5.97 Å². The molecule has 15 heavy (non-hydrogen) atoms. The van der Waals surface area contributed by atoms with E-state index in [0.29, 0.717) is 6.61 Å². The molecule has 0 bridgehead atoms. The third-order valence-electron chi connectivity index (χ3n) is 3.17. The molecule has 0 aromatic carbocycles. The fraction of sp³-hybridized carbons (Fsp3) is 0.727. The lowest BCUT2D eigenvalue weighted by Crippen LogP contribution is -2.30. The quantitative estimate of drug-likeness (QED) is 0.560. The Bertz CT molecular complexity index is 344. The topological polar surface area (TPSA) is 44.8 Å². The van der Waals surface area contributed by atoms with Gasteiger partial charge in [-0.15, -0.1) is 0 Å². The molecule has 2 saturated heterocycles. The van der Waals surface area contributed by atoms with Gasteiger partial charge in [0.25, 0.3) is 0 Å². The van der Waals surface area contributed by atoms with Gasteiger partial charge in [-0.3, -0.25) is 0 Å². The van der Waals surface area contributed by atoms with E-state index in [-0.39, 0.29) is 24.1 Å². The van der Waals surface area contributed by atoms with Crippen LogP contribution in [0.5, 0.6) is 0 Å². The van der Waals surface area contributed by atoms with Gasteiger partial charge in [-0.25, -0.2) is 4.79 Å². The largest absolute Gasteiger partial charge is 0.462 e. The Hall–Kier alpha value is -0.870. The van der Waals surface area contributed by atoms with Gasteiger partial charge in [0.05, 0.1) is 12.7 Å². The van der Waals surface area contributed by atoms with Crippen molar-refractivity contribution < 1.29 is 19.0 Å². The number of carbonyl (C=O) groups is 1. The van der Waals surface area contributed by atoms with Crippen LogP contribution in [0.1, 0.15) is 20.3 Å². The SMILES string of the molecule is CC1(C)O[C@H]2C=C3C(=O)OC[C@@H]3C[C@H]2O1. The average Bonchev–Trinajstić information content (AvgIpc) is 2.62. The van der Waals surface area contributed by atoms with Crippen molar-refractivity contribution in [3.05, 3.63) is 11.6 Å². The van der Waals surface area contributed by atoms with Gasteiger partial charge < -0.3 is 14.2 Å². The van der Waals surface area contributed by atoms with Crippen LogP contribution < -0.4 is 0 Å². The summed E-state index contributed by atoms with van der Waals surface area (Å²) < 4.78 is 16.5. The summed E-state index contributed by atoms with van der Waals surface area (Å²) in [4.78, 5) is 11.4. The van der Waals surface area contributed by atoms with Crippen molar-refractivity contribution in [3.8, 4) is 0 Å². The summed E-state index contributed by atoms with van der Waals surface area (Å²) in [5.74, 6) is -0.516. The first kappa shape index (κ1) is 9.36. The highest BCUT2D eigenvalue weighted by Gasteiger charge is 2.47. The van der Waals surface area contributed by atoms with E-state index in [2.05, 4.69) is 0 Å². The number of rotatable bonds is 0. The molecule has 0 aromatic heterocycles. The number of esters is 1. The van der Waals surface area contributed by atoms with Gasteiger partial charge in [-0.2, -0.15) is 0 Å². The predicted octanol–water partition coefficient (Wildman–Crippen LogP) is 1.01. The maximum Gasteiger partial charge on any atom is 0.334 e. The van der Waals surface area contributed by atoms with E-state index in [9.17, 15) is 4.79 Å². The summed E-state index contributed by atoms with van der Waals surface area (Å²) in [6.45, 7) is 4.30. The lowest BCUT2D eigenvalue weighted by molar-refractivity contribution is -0.144. The molecule has 0 aromatic rings. The van der Waals surface area contributed by atoms with Crippen molar-refractivity contribution in [2.24, 2.45) is 5.92 Å². The van der Waals surface area contributed by atoms with E-state index in [1.54, 1.807) is 0 Å². The van der Waals surface area contributed by atoms with Crippen molar-refractivity contribution in [2.75, 3.05) is 6.61 Å². The molecule has 3 rings (SSSR count). The molecule has 0 saturated carbocycles. The molecule has 1 aliphatic carbocycles. The number of cyclic esters (lactones) is 1. The van der Waals surface area contributed by atoms with Crippen LogP contribution in [0.3, 0.4) is 0 Å². The molecule has 4 nitrogen and oxygen atoms in total. The van der Waals surface area contributed by atoms with E-state index in [0.717, 1.165) is 12.0 Å². The zero-order valence-corrected chi connectivity index (χ0v) is 8.86. The molecule has 2 fully saturated rings. The molecule has 0 unspecified atom stereocenters. The lowest BCUT2D eigenvalue weighted by atomic mass is 9.87. The van der Waals surface area contributed by atoms with Gasteiger partial charge >= 0.3 is 5.97 Å². The zero-order valence-electron chi connectivity index (χ0n) is 8.86. The molecule has 0 amide bonds. The van der Waals surface area contributed by atoms with Crippen LogP contribution in [-0.2, 0) is 19.0 Å². The summed E-state index contributed by atoms with van der Waals surface area (Å²) in [6, 6.07) is 0. The monoisotopic (exact) mass is 210 g/mol. The minimum Gasteiger partial charge on any atom is -0.462 e. The summed E-state index contributed by atoms with van der Waals surface area (Å²) in [5.41, 5.74) is 0.776. The standard InChI is InChI=1S/C11H14O4/c1-11(2)14-8-3-6-5-13-10(12)7(6)4-9(8)15-11/h4,6,8-9H,3,5H2,1-2H3/t6-,8+,9-/m0/s1. The van der Waals surface area contributed by atoms with E-state index in [1.807, 2.05) is 19.9 Å². The molecule has 3 aliphatic rings. The van der Waals surface area contributed by atoms with E-state index < -0.39 is 5.79 Å². The molecular weight excluding hydrogens is 196 g/mol. The first-order valence-electron chi connectivity index (χ1n) is 5.30. The molecule has 4 heteroatoms. The first-order valence-corrected chi connectivity index (χ1v) is 5.30. The second kappa shape index (κ2) is 2.83. The van der Waals surface area contributed by atoms with E-state index in [1.165, 1.54) is 0 Å². The Morgan fingerprint density at radius 1 is 1.40 bits per heavy atom. The molecule has 0 N–H and O–H groups in total. The summed E-state index contributed by atoms with van der Waals surface area (Å²) >= 11 is 0. The predicted molar refractivity (Wildman–Crippen MR) is 51.0 cm³/mol. The highest BCUT2D eigenvalue weighted by atomic mass is 16.7. The Morgan fingerprint density at radius 2 is 2.20 bits per heavy atom. The van der Waals surface area contributed by atoms with Crippen LogP contribution in [-0.4, -0.2) is 30.6 Å². The van der Waals surface area contributed by atoms with Crippen LogP contribution in [0.4, 0.5) is 0 Å². The number of carbonyl (C=O) groups excluding carboxylic acids is 1. The Kier molecular flexibility index (Phi) is 1.77. The van der Waals surface area contributed by atoms with Crippen LogP contribution in [0.25, 0.3) is 0 Å². The zero-order chi connectivity index (χ0) is 10.6. The molecule has 2 aliphatic heterocycles. The highest BCUT2D eigenvalue weighted by molar-refractivity contribution is 5.91. The Balaban J connectivity index is 1.90. The first-order chi connectivity index (χ1) is 7.05. The maximum atomic E-state index is 11.4. The Labute approximate surface area is 88.2 Å². The molecule has 0 radical (unpaired) electrons. The fourth-order valence-corrected chi connectivity index (χ4v) is 2.56. The normalized spacial score (nSPS) is 41.9. The third kappa shape index (κ3) is 1.40. The van der Waals surface area contributed by atoms with Crippen LogP contribution in [0.15, 0.2) is 11.6 Å². The van der Waals surface area contributed by atoms with Gasteiger partial charge in [-0.1, -0.05) is 0 Å². The van der Waals surface area contributed by atoms with Crippen molar-refractivity contribution in [3.63, 3.8) is 0 Å². The number of hydrogen-bond acceptors (Lipinski definition) is 4. The summed E-state index contributed by atoms with van der Waals surface area (Å²) in [5, 5.41) is 0. The van der Waals surface area contributed by atoms with Gasteiger partial charge in [0, 0.05) is 11.5 Å². The number of hydrogen-bond donors (Lipinski definition) is 0. The van der Waals surface area contributed by atoms with Gasteiger partial charge in [0.2, 0.25) is 0 Å². The molecule has 2 heterocycles. The van der Waals surface area contributed by atoms with Gasteiger partial charge in [0.15, 0.2) is 5.79 Å². The Morgan fingerprint density at radius 3 is 3.00 bits per heavy atom. The van der Waals surface area contributed by atoms with E-state index in [4.69, 9.17) is 14.2 Å². The third-order valence-corrected chi connectivity index (χ3v) is 3.17. The minimum absolute atomic E-state index is 0.0725. The molecule has 82 valence electrons. The average molecular weight is 210 g/mol. The maximum absolute atomic E-state index is 11.4. The fourth-order valence-electron chi connectivity index (χ4n) is 2.56. The van der Waals surface area contributed by atoms with Crippen LogP contribution >= 0.6 is 0 Å². The summed E-state index contributed by atoms with van der Waals surface area (Å²) in [6.07, 6.45) is 2.69. The summed E-state index contributed by atoms with van der Waals surface area (Å²) in [7, 11) is 0. The van der Waals surface area contributed by atoms with Crippen LogP contribution in [0.2, 0.25) is 0 Å². The molecule has 0 spiro atoms. The highest BCUT2D eigenvalue weighted by Crippen LogP contribution is 2.40. The van der Waals surface area contributed by atoms with Crippen molar-refractivity contribution in [1.82, 2.24) is 0 Å². The second-order valence-electron chi connectivity index (χ2n) is 4.79. The number of ether oxygens (including phenoxy) is 3. The number of fused-ring (bicyclic) bond motifs is 2. The second-order valence-corrected chi connectivity index (χ2v) is 4.79. The minimum atomic E-state index is -0.533.